The Morgan fingerprint density at radius 2 is 1.73 bits per heavy atom. The van der Waals surface area contributed by atoms with E-state index in [1.54, 1.807) is 30.3 Å². The molecule has 3 fully saturated rings. The van der Waals surface area contributed by atoms with Crippen molar-refractivity contribution in [3.63, 3.8) is 0 Å². The zero-order valence-corrected chi connectivity index (χ0v) is 24.7. The lowest BCUT2D eigenvalue weighted by atomic mass is 9.56. The third-order valence-electron chi connectivity index (χ3n) is 8.70. The SMILES string of the molecule is C=Cc1ccc(N2C(=O)[C@H]3[C@H](CC=C4[C@H]3C[C@@]3(Cl)C(=O)N(CBr)C(=O)[C@@]3(Cl)[C@H]4c3cc(Cl)ccc3O)C2=O)cc1. The molecule has 2 aliphatic carbocycles. The summed E-state index contributed by atoms with van der Waals surface area (Å²) in [6, 6.07) is 11.3. The third-order valence-corrected chi connectivity index (χ3v) is 10.9. The van der Waals surface area contributed by atoms with Gasteiger partial charge in [0.05, 0.1) is 23.0 Å². The maximum absolute atomic E-state index is 14.0. The first-order valence-electron chi connectivity index (χ1n) is 12.6. The minimum atomic E-state index is -2.01. The second-order valence-corrected chi connectivity index (χ2v) is 12.7. The number of imide groups is 2. The van der Waals surface area contributed by atoms with Crippen LogP contribution in [-0.2, 0) is 19.2 Å². The number of alkyl halides is 3. The molecule has 0 unspecified atom stereocenters. The van der Waals surface area contributed by atoms with E-state index < -0.39 is 51.1 Å². The Morgan fingerprint density at radius 1 is 1.02 bits per heavy atom. The summed E-state index contributed by atoms with van der Waals surface area (Å²) >= 11 is 23.8. The first-order valence-corrected chi connectivity index (χ1v) is 14.8. The second kappa shape index (κ2) is 9.44. The summed E-state index contributed by atoms with van der Waals surface area (Å²) in [6.07, 6.45) is 3.54. The van der Waals surface area contributed by atoms with Crippen molar-refractivity contribution in [1.29, 1.82) is 0 Å². The van der Waals surface area contributed by atoms with E-state index in [1.807, 2.05) is 6.08 Å². The number of anilines is 1. The predicted octanol–water partition coefficient (Wildman–Crippen LogP) is 5.60. The van der Waals surface area contributed by atoms with Gasteiger partial charge in [0.1, 0.15) is 5.75 Å². The molecule has 4 aliphatic rings. The summed E-state index contributed by atoms with van der Waals surface area (Å²) in [5.41, 5.74) is 1.93. The predicted molar refractivity (Wildman–Crippen MR) is 155 cm³/mol. The van der Waals surface area contributed by atoms with Gasteiger partial charge in [0.25, 0.3) is 11.8 Å². The number of benzene rings is 2. The number of phenols is 1. The minimum Gasteiger partial charge on any atom is -0.508 e. The molecule has 2 aliphatic heterocycles. The van der Waals surface area contributed by atoms with Gasteiger partial charge in [-0.25, -0.2) is 0 Å². The van der Waals surface area contributed by atoms with E-state index in [4.69, 9.17) is 34.8 Å². The monoisotopic (exact) mass is 662 g/mol. The van der Waals surface area contributed by atoms with Crippen LogP contribution in [0.15, 0.2) is 60.7 Å². The van der Waals surface area contributed by atoms with Gasteiger partial charge in [0.15, 0.2) is 9.75 Å². The maximum atomic E-state index is 14.0. The van der Waals surface area contributed by atoms with Crippen LogP contribution >= 0.6 is 50.7 Å². The number of amides is 4. The number of rotatable bonds is 4. The number of phenolic OH excluding ortho intramolecular Hbond substituents is 1. The Hall–Kier alpha value is -2.65. The van der Waals surface area contributed by atoms with Crippen LogP contribution in [0.2, 0.25) is 5.02 Å². The zero-order chi connectivity index (χ0) is 28.7. The van der Waals surface area contributed by atoms with E-state index in [9.17, 15) is 24.3 Å². The molecule has 6 atom stereocenters. The molecule has 1 N–H and O–H groups in total. The number of aromatic hydroxyl groups is 1. The Balaban J connectivity index is 1.52. The molecule has 0 radical (unpaired) electrons. The van der Waals surface area contributed by atoms with E-state index in [1.165, 1.54) is 23.1 Å². The van der Waals surface area contributed by atoms with E-state index in [-0.39, 0.29) is 40.5 Å². The van der Waals surface area contributed by atoms with E-state index in [0.29, 0.717) is 11.3 Å². The van der Waals surface area contributed by atoms with Crippen LogP contribution in [0.5, 0.6) is 5.75 Å². The Bertz CT molecular complexity index is 1540. The van der Waals surface area contributed by atoms with Gasteiger partial charge < -0.3 is 5.11 Å². The van der Waals surface area contributed by atoms with Gasteiger partial charge in [-0.1, -0.05) is 64.0 Å². The summed E-state index contributed by atoms with van der Waals surface area (Å²) in [5.74, 6) is -5.68. The van der Waals surface area contributed by atoms with Gasteiger partial charge >= 0.3 is 0 Å². The average molecular weight is 665 g/mol. The van der Waals surface area contributed by atoms with Crippen molar-refractivity contribution in [2.45, 2.75) is 28.5 Å². The number of hydrogen-bond acceptors (Lipinski definition) is 5. The van der Waals surface area contributed by atoms with Gasteiger partial charge in [-0.3, -0.25) is 29.0 Å². The third kappa shape index (κ3) is 3.49. The number of fused-ring (bicyclic) bond motifs is 4. The fourth-order valence-electron chi connectivity index (χ4n) is 6.87. The van der Waals surface area contributed by atoms with Crippen LogP contribution in [-0.4, -0.2) is 48.8 Å². The summed E-state index contributed by atoms with van der Waals surface area (Å²) in [6.45, 7) is 3.74. The summed E-state index contributed by atoms with van der Waals surface area (Å²) < 4.78 is 0. The van der Waals surface area contributed by atoms with Crippen molar-refractivity contribution in [2.24, 2.45) is 17.8 Å². The topological polar surface area (TPSA) is 95.0 Å². The molecule has 2 aromatic carbocycles. The lowest BCUT2D eigenvalue weighted by molar-refractivity contribution is -0.138. The molecule has 1 saturated carbocycles. The number of halogens is 4. The van der Waals surface area contributed by atoms with Gasteiger partial charge in [-0.05, 0) is 54.7 Å². The highest BCUT2D eigenvalue weighted by Gasteiger charge is 2.76. The first-order chi connectivity index (χ1) is 19.0. The van der Waals surface area contributed by atoms with Gasteiger partial charge in [-0.2, -0.15) is 0 Å². The molecule has 40 heavy (non-hydrogen) atoms. The Kier molecular flexibility index (Phi) is 6.50. The molecule has 11 heteroatoms. The highest BCUT2D eigenvalue weighted by atomic mass is 79.9. The van der Waals surface area contributed by atoms with Crippen LogP contribution in [0.3, 0.4) is 0 Å². The van der Waals surface area contributed by atoms with E-state index in [0.717, 1.165) is 10.5 Å². The highest BCUT2D eigenvalue weighted by Crippen LogP contribution is 2.66. The average Bonchev–Trinajstić information content (AvgIpc) is 3.28. The van der Waals surface area contributed by atoms with Gasteiger partial charge in [0.2, 0.25) is 11.8 Å². The zero-order valence-electron chi connectivity index (χ0n) is 20.8. The minimum absolute atomic E-state index is 0.135. The van der Waals surface area contributed by atoms with Gasteiger partial charge in [-0.15, -0.1) is 23.2 Å². The van der Waals surface area contributed by atoms with E-state index >= 15 is 0 Å². The van der Waals surface area contributed by atoms with Crippen LogP contribution in [0, 0.1) is 17.8 Å². The van der Waals surface area contributed by atoms with E-state index in [2.05, 4.69) is 22.5 Å². The van der Waals surface area contributed by atoms with Crippen molar-refractivity contribution in [2.75, 3.05) is 10.4 Å². The fourth-order valence-corrected chi connectivity index (χ4v) is 8.47. The number of likely N-dealkylation sites (tertiary alicyclic amines) is 1. The molecule has 206 valence electrons. The van der Waals surface area contributed by atoms with Crippen LogP contribution in [0.4, 0.5) is 5.69 Å². The lowest BCUT2D eigenvalue weighted by Gasteiger charge is -2.50. The Morgan fingerprint density at radius 3 is 2.38 bits per heavy atom. The molecule has 0 spiro atoms. The van der Waals surface area contributed by atoms with Crippen molar-refractivity contribution in [3.8, 4) is 5.75 Å². The van der Waals surface area contributed by atoms with Gasteiger partial charge in [0, 0.05) is 16.5 Å². The number of allylic oxidation sites excluding steroid dienone is 2. The molecule has 6 rings (SSSR count). The molecule has 0 aromatic heterocycles. The normalized spacial score (nSPS) is 33.0. The maximum Gasteiger partial charge on any atom is 0.254 e. The number of nitrogens with zero attached hydrogens (tertiary/aromatic N) is 2. The second-order valence-electron chi connectivity index (χ2n) is 10.5. The molecule has 0 bridgehead atoms. The molecular weight excluding hydrogens is 643 g/mol. The molecule has 4 amide bonds. The molecule has 2 aromatic rings. The largest absolute Gasteiger partial charge is 0.508 e. The standard InChI is InChI=1S/C29H22BrCl3N2O5/c1-2-14-3-6-16(7-4-14)35-24(37)18-9-8-17-20(22(18)25(35)38)12-28(32)26(39)34(13-30)27(40)29(28,33)23(17)19-11-15(31)5-10-21(19)36/h2-8,10-11,18,20,22-23,36H,1,9,12-13H2/t18-,20+,22-,23+,28+,29-/m0/s1. The fraction of sp³-hybridized carbons (Fsp3) is 0.310. The summed E-state index contributed by atoms with van der Waals surface area (Å²) in [4.78, 5) is 53.2. The molecule has 2 heterocycles. The van der Waals surface area contributed by atoms with Crippen molar-refractivity contribution >= 4 is 86.1 Å². The number of carbonyl (C=O) groups excluding carboxylic acids is 4. The lowest BCUT2D eigenvalue weighted by Crippen LogP contribution is -2.60. The number of hydrogen-bond donors (Lipinski definition) is 1. The Labute approximate surface area is 253 Å². The first kappa shape index (κ1) is 27.5. The molecular formula is C29H22BrCl3N2O5. The van der Waals surface area contributed by atoms with Crippen LogP contribution in [0.1, 0.15) is 29.9 Å². The summed E-state index contributed by atoms with van der Waals surface area (Å²) in [5, 5.41) is 11.2. The molecule has 7 nitrogen and oxygen atoms in total. The number of carbonyl (C=O) groups is 4. The van der Waals surface area contributed by atoms with Crippen LogP contribution < -0.4 is 4.90 Å². The molecule has 2 saturated heterocycles. The highest BCUT2D eigenvalue weighted by molar-refractivity contribution is 9.09. The summed E-state index contributed by atoms with van der Waals surface area (Å²) in [7, 11) is 0. The van der Waals surface area contributed by atoms with Crippen molar-refractivity contribution < 1.29 is 24.3 Å². The van der Waals surface area contributed by atoms with Crippen molar-refractivity contribution in [3.05, 3.63) is 76.8 Å². The smallest absolute Gasteiger partial charge is 0.254 e. The van der Waals surface area contributed by atoms with Crippen LogP contribution in [0.25, 0.3) is 6.08 Å². The van der Waals surface area contributed by atoms with Crippen molar-refractivity contribution in [1.82, 2.24) is 4.90 Å². The quantitative estimate of drug-likeness (QED) is 0.199.